The van der Waals surface area contributed by atoms with Gasteiger partial charge in [-0.25, -0.2) is 13.4 Å². The summed E-state index contributed by atoms with van der Waals surface area (Å²) >= 11 is 0. The Balaban J connectivity index is 1.59. The van der Waals surface area contributed by atoms with Crippen LogP contribution in [0.1, 0.15) is 39.9 Å². The predicted molar refractivity (Wildman–Crippen MR) is 132 cm³/mol. The Morgan fingerprint density at radius 1 is 1.06 bits per heavy atom. The average molecular weight is 472 g/mol. The monoisotopic (exact) mass is 471 g/mol. The van der Waals surface area contributed by atoms with E-state index in [-0.39, 0.29) is 10.3 Å². The van der Waals surface area contributed by atoms with Gasteiger partial charge in [0.2, 0.25) is 0 Å². The first-order valence-corrected chi connectivity index (χ1v) is 12.8. The molecular formula is C24H33N5O3S. The Labute approximate surface area is 195 Å². The lowest BCUT2D eigenvalue weighted by Crippen LogP contribution is -2.39. The van der Waals surface area contributed by atoms with E-state index in [1.54, 1.807) is 31.2 Å². The summed E-state index contributed by atoms with van der Waals surface area (Å²) in [6, 6.07) is 11.8. The third-order valence-electron chi connectivity index (χ3n) is 5.80. The number of aromatic nitrogens is 2. The van der Waals surface area contributed by atoms with E-state index < -0.39 is 16.3 Å². The van der Waals surface area contributed by atoms with Crippen molar-refractivity contribution in [2.45, 2.75) is 57.2 Å². The van der Waals surface area contributed by atoms with Crippen LogP contribution in [0.4, 0.5) is 11.4 Å². The number of nitrogens with one attached hydrogen (secondary N) is 2. The van der Waals surface area contributed by atoms with Crippen LogP contribution in [-0.4, -0.2) is 53.8 Å². The molecule has 1 aliphatic rings. The van der Waals surface area contributed by atoms with Gasteiger partial charge in [-0.15, -0.1) is 0 Å². The Morgan fingerprint density at radius 2 is 1.73 bits per heavy atom. The molecule has 1 unspecified atom stereocenters. The molecule has 33 heavy (non-hydrogen) atoms. The fraction of sp³-hybridized carbons (Fsp3) is 0.458. The van der Waals surface area contributed by atoms with Crippen LogP contribution < -0.4 is 10.0 Å². The summed E-state index contributed by atoms with van der Waals surface area (Å²) in [6.45, 7) is 12.2. The second kappa shape index (κ2) is 8.96. The Hall–Kier alpha value is -2.62. The first-order valence-electron chi connectivity index (χ1n) is 11.3. The molecule has 3 N–H and O–H groups in total. The molecule has 0 saturated carbocycles. The zero-order valence-electron chi connectivity index (χ0n) is 19.7. The molecule has 2 aromatic carbocycles. The van der Waals surface area contributed by atoms with Crippen molar-refractivity contribution in [3.8, 4) is 0 Å². The van der Waals surface area contributed by atoms with Crippen LogP contribution in [-0.2, 0) is 22.0 Å². The van der Waals surface area contributed by atoms with Gasteiger partial charge in [-0.05, 0) is 68.9 Å². The third kappa shape index (κ3) is 5.31. The summed E-state index contributed by atoms with van der Waals surface area (Å²) in [5, 5.41) is 12.2. The third-order valence-corrected chi connectivity index (χ3v) is 7.20. The summed E-state index contributed by atoms with van der Waals surface area (Å²) in [7, 11) is -3.76. The summed E-state index contributed by atoms with van der Waals surface area (Å²) < 4.78 is 30.7. The normalized spacial score (nSPS) is 15.9. The number of fused-ring (bicyclic) bond motifs is 1. The fourth-order valence-corrected chi connectivity index (χ4v) is 5.07. The van der Waals surface area contributed by atoms with Gasteiger partial charge in [-0.2, -0.15) is 0 Å². The molecule has 3 aromatic rings. The highest BCUT2D eigenvalue weighted by Gasteiger charge is 2.24. The molecule has 9 heteroatoms. The van der Waals surface area contributed by atoms with E-state index in [0.29, 0.717) is 11.4 Å². The zero-order valence-corrected chi connectivity index (χ0v) is 20.5. The molecule has 178 valence electrons. The highest BCUT2D eigenvalue weighted by Crippen LogP contribution is 2.29. The van der Waals surface area contributed by atoms with Gasteiger partial charge in [0.15, 0.2) is 0 Å². The molecule has 8 nitrogen and oxygen atoms in total. The molecule has 0 spiro atoms. The van der Waals surface area contributed by atoms with Gasteiger partial charge in [-0.1, -0.05) is 20.8 Å². The molecule has 0 aliphatic carbocycles. The Bertz CT molecular complexity index is 1220. The van der Waals surface area contributed by atoms with Crippen LogP contribution in [0.15, 0.2) is 47.4 Å². The van der Waals surface area contributed by atoms with Crippen molar-refractivity contribution < 1.29 is 13.5 Å². The molecule has 0 radical (unpaired) electrons. The van der Waals surface area contributed by atoms with E-state index in [0.717, 1.165) is 43.0 Å². The molecule has 1 aliphatic heterocycles. The topological polar surface area (TPSA) is 99.5 Å². The highest BCUT2D eigenvalue weighted by molar-refractivity contribution is 7.92. The lowest BCUT2D eigenvalue weighted by Gasteiger charge is -2.31. The summed E-state index contributed by atoms with van der Waals surface area (Å²) in [5.41, 5.74) is 2.78. The number of nitrogens with zero attached hydrogens (tertiary/aromatic N) is 3. The van der Waals surface area contributed by atoms with Gasteiger partial charge in [0.05, 0.1) is 21.6 Å². The summed E-state index contributed by atoms with van der Waals surface area (Å²) in [6.07, 6.45) is 0.543. The summed E-state index contributed by atoms with van der Waals surface area (Å²) in [5.74, 6) is 0.999. The first-order chi connectivity index (χ1) is 15.5. The molecule has 1 saturated heterocycles. The van der Waals surface area contributed by atoms with Gasteiger partial charge in [-0.3, -0.25) is 4.72 Å². The van der Waals surface area contributed by atoms with Gasteiger partial charge in [0, 0.05) is 24.2 Å². The Kier molecular flexibility index (Phi) is 6.39. The van der Waals surface area contributed by atoms with Crippen LogP contribution in [0.3, 0.4) is 0 Å². The molecule has 1 aromatic heterocycles. The molecule has 4 rings (SSSR count). The minimum absolute atomic E-state index is 0.129. The number of anilines is 2. The maximum atomic E-state index is 12.9. The number of hydrogen-bond acceptors (Lipinski definition) is 6. The van der Waals surface area contributed by atoms with Crippen molar-refractivity contribution in [1.29, 1.82) is 0 Å². The largest absolute Gasteiger partial charge is 0.374 e. The lowest BCUT2D eigenvalue weighted by atomic mass is 9.95. The van der Waals surface area contributed by atoms with E-state index in [1.165, 1.54) is 18.6 Å². The van der Waals surface area contributed by atoms with Crippen molar-refractivity contribution in [3.05, 3.63) is 48.3 Å². The fourth-order valence-electron chi connectivity index (χ4n) is 4.02. The number of benzene rings is 2. The van der Waals surface area contributed by atoms with Crippen molar-refractivity contribution >= 4 is 32.4 Å². The maximum absolute atomic E-state index is 12.9. The number of likely N-dealkylation sites (tertiary alicyclic amines) is 1. The SMILES string of the molecule is CC(O)Nc1ccc(S(=O)(=O)Nc2ccc3c(c2)nc(C(C)(C)C)n3CCN2CCC2)cc1. The second-order valence-corrected chi connectivity index (χ2v) is 11.4. The minimum atomic E-state index is -3.76. The minimum Gasteiger partial charge on any atom is -0.374 e. The molecule has 0 amide bonds. The van der Waals surface area contributed by atoms with Crippen LogP contribution in [0.5, 0.6) is 0 Å². The van der Waals surface area contributed by atoms with Crippen molar-refractivity contribution in [3.63, 3.8) is 0 Å². The van der Waals surface area contributed by atoms with Crippen molar-refractivity contribution in [1.82, 2.24) is 14.5 Å². The first kappa shape index (κ1) is 23.5. The van der Waals surface area contributed by atoms with Gasteiger partial charge in [0.1, 0.15) is 12.1 Å². The van der Waals surface area contributed by atoms with Gasteiger partial charge in [0.25, 0.3) is 10.0 Å². The van der Waals surface area contributed by atoms with Gasteiger partial charge >= 0.3 is 0 Å². The van der Waals surface area contributed by atoms with E-state index in [4.69, 9.17) is 4.98 Å². The number of imidazole rings is 1. The van der Waals surface area contributed by atoms with Crippen LogP contribution >= 0.6 is 0 Å². The maximum Gasteiger partial charge on any atom is 0.261 e. The molecule has 1 atom stereocenters. The Morgan fingerprint density at radius 3 is 2.30 bits per heavy atom. The van der Waals surface area contributed by atoms with E-state index in [9.17, 15) is 13.5 Å². The molecule has 0 bridgehead atoms. The average Bonchev–Trinajstić information content (AvgIpc) is 3.05. The number of rotatable bonds is 8. The standard InChI is InChI=1S/C24H33N5O3S/c1-17(30)25-18-6-9-20(10-7-18)33(31,32)27-19-8-11-22-21(16-19)26-23(24(2,3)4)29(22)15-14-28-12-5-13-28/h6-11,16-17,25,27,30H,5,12-15H2,1-4H3. The van der Waals surface area contributed by atoms with Crippen molar-refractivity contribution in [2.75, 3.05) is 29.7 Å². The van der Waals surface area contributed by atoms with Crippen LogP contribution in [0, 0.1) is 0 Å². The van der Waals surface area contributed by atoms with E-state index >= 15 is 0 Å². The molecular weight excluding hydrogens is 438 g/mol. The van der Waals surface area contributed by atoms with Crippen LogP contribution in [0.2, 0.25) is 0 Å². The number of hydrogen-bond donors (Lipinski definition) is 3. The molecule has 2 heterocycles. The van der Waals surface area contributed by atoms with E-state index in [1.807, 2.05) is 6.07 Å². The highest BCUT2D eigenvalue weighted by atomic mass is 32.2. The molecule has 1 fully saturated rings. The van der Waals surface area contributed by atoms with Crippen LogP contribution in [0.25, 0.3) is 11.0 Å². The summed E-state index contributed by atoms with van der Waals surface area (Å²) in [4.78, 5) is 7.47. The quantitative estimate of drug-likeness (QED) is 0.434. The zero-order chi connectivity index (χ0) is 23.8. The lowest BCUT2D eigenvalue weighted by molar-refractivity contribution is 0.174. The smallest absolute Gasteiger partial charge is 0.261 e. The van der Waals surface area contributed by atoms with Gasteiger partial charge < -0.3 is 19.9 Å². The number of sulfonamides is 1. The van der Waals surface area contributed by atoms with E-state index in [2.05, 4.69) is 40.3 Å². The number of aliphatic hydroxyl groups excluding tert-OH is 1. The number of aliphatic hydroxyl groups is 1. The second-order valence-electron chi connectivity index (χ2n) is 9.69. The predicted octanol–water partition coefficient (Wildman–Crippen LogP) is 3.59. The van der Waals surface area contributed by atoms with Crippen molar-refractivity contribution in [2.24, 2.45) is 0 Å².